The zero-order chi connectivity index (χ0) is 20.1. The van der Waals surface area contributed by atoms with Gasteiger partial charge in [0.1, 0.15) is 11.9 Å². The number of hydrogen-bond acceptors (Lipinski definition) is 7. The van der Waals surface area contributed by atoms with E-state index in [0.29, 0.717) is 23.2 Å². The molecule has 2 aromatic heterocycles. The number of alkyl halides is 1. The maximum Gasteiger partial charge on any atom is 0.185 e. The highest BCUT2D eigenvalue weighted by atomic mass is 19.1. The zero-order valence-corrected chi connectivity index (χ0v) is 16.4. The van der Waals surface area contributed by atoms with Crippen LogP contribution in [0.2, 0.25) is 0 Å². The molecular weight excluding hydrogens is 371 g/mol. The molecule has 0 spiro atoms. The molecule has 2 saturated heterocycles. The minimum Gasteiger partial charge on any atom is -0.507 e. The number of phenolic OH excluding ortho intramolecular Hbond substituents is 1. The van der Waals surface area contributed by atoms with Crippen LogP contribution in [-0.2, 0) is 0 Å². The highest BCUT2D eigenvalue weighted by Crippen LogP contribution is 2.34. The number of fused-ring (bicyclic) bond motifs is 3. The number of piperidine rings is 1. The lowest BCUT2D eigenvalue weighted by Crippen LogP contribution is -2.55. The first-order chi connectivity index (χ1) is 14.0. The van der Waals surface area contributed by atoms with E-state index in [0.717, 1.165) is 35.7 Å². The largest absolute Gasteiger partial charge is 0.507 e. The molecule has 2 fully saturated rings. The van der Waals surface area contributed by atoms with Gasteiger partial charge in [-0.3, -0.25) is 4.98 Å². The number of rotatable bonds is 3. The maximum atomic E-state index is 14.8. The zero-order valence-electron chi connectivity index (χ0n) is 16.4. The summed E-state index contributed by atoms with van der Waals surface area (Å²) >= 11 is 0. The molecule has 29 heavy (non-hydrogen) atoms. The summed E-state index contributed by atoms with van der Waals surface area (Å²) < 4.78 is 14.8. The van der Waals surface area contributed by atoms with E-state index in [2.05, 4.69) is 25.5 Å². The van der Waals surface area contributed by atoms with Gasteiger partial charge in [-0.25, -0.2) is 9.37 Å². The Hall–Kier alpha value is -2.87. The number of nitrogens with one attached hydrogen (secondary N) is 1. The normalized spacial score (nSPS) is 26.0. The number of benzene rings is 1. The Kier molecular flexibility index (Phi) is 4.31. The monoisotopic (exact) mass is 394 g/mol. The van der Waals surface area contributed by atoms with Crippen molar-refractivity contribution in [2.45, 2.75) is 50.5 Å². The van der Waals surface area contributed by atoms with Gasteiger partial charge in [0.05, 0.1) is 17.8 Å². The van der Waals surface area contributed by atoms with Crippen LogP contribution < -0.4 is 10.2 Å². The average molecular weight is 394 g/mol. The second kappa shape index (κ2) is 6.88. The van der Waals surface area contributed by atoms with Gasteiger partial charge in [-0.2, -0.15) is 0 Å². The Bertz CT molecular complexity index is 1060. The highest BCUT2D eigenvalue weighted by Gasteiger charge is 2.43. The lowest BCUT2D eigenvalue weighted by Gasteiger charge is -2.38. The number of nitrogens with zero attached hydrogens (tertiary/aromatic N) is 5. The van der Waals surface area contributed by atoms with Crippen molar-refractivity contribution < 1.29 is 9.50 Å². The smallest absolute Gasteiger partial charge is 0.185 e. The molecule has 1 aromatic carbocycles. The van der Waals surface area contributed by atoms with Gasteiger partial charge in [0.25, 0.3) is 0 Å². The standard InChI is InChI=1S/C21H23FN6O/c1-11-5-12-6-15(18(29)7-13(12)9-23-11)21-24-10-19(26-27-21)28(2)17-8-14-3-4-16(25-14)20(17)22/h5-7,9-10,14,16-17,20,25,29H,3-4,8H2,1-2H3/t14?,16?,17-,20+/m1/s1. The summed E-state index contributed by atoms with van der Waals surface area (Å²) in [6, 6.07) is 5.49. The van der Waals surface area contributed by atoms with Crippen molar-refractivity contribution in [2.75, 3.05) is 11.9 Å². The van der Waals surface area contributed by atoms with Gasteiger partial charge >= 0.3 is 0 Å². The fourth-order valence-electron chi connectivity index (χ4n) is 4.54. The van der Waals surface area contributed by atoms with Crippen LogP contribution in [0.15, 0.2) is 30.6 Å². The predicted octanol–water partition coefficient (Wildman–Crippen LogP) is 2.77. The second-order valence-corrected chi connectivity index (χ2v) is 8.09. The number of halogens is 1. The SMILES string of the molecule is Cc1cc2cc(-c3ncc(N(C)[C@@H]4CC5CCC(N5)[C@@H]4F)nn3)c(O)cc2cn1. The van der Waals surface area contributed by atoms with E-state index in [-0.39, 0.29) is 17.8 Å². The van der Waals surface area contributed by atoms with Gasteiger partial charge in [0.15, 0.2) is 11.6 Å². The second-order valence-electron chi connectivity index (χ2n) is 8.09. The minimum atomic E-state index is -0.943. The molecule has 0 radical (unpaired) electrons. The van der Waals surface area contributed by atoms with Gasteiger partial charge in [-0.15, -0.1) is 10.2 Å². The summed E-state index contributed by atoms with van der Waals surface area (Å²) in [7, 11) is 1.84. The molecule has 0 saturated carbocycles. The molecule has 3 aromatic rings. The van der Waals surface area contributed by atoms with Gasteiger partial charge in [-0.05, 0) is 49.8 Å². The van der Waals surface area contributed by atoms with E-state index >= 15 is 0 Å². The fourth-order valence-corrected chi connectivity index (χ4v) is 4.54. The third-order valence-corrected chi connectivity index (χ3v) is 6.18. The van der Waals surface area contributed by atoms with Crippen LogP contribution in [0.25, 0.3) is 22.2 Å². The number of anilines is 1. The molecule has 2 unspecified atom stereocenters. The number of aryl methyl sites for hydroxylation is 1. The Balaban J connectivity index is 1.43. The Morgan fingerprint density at radius 2 is 1.97 bits per heavy atom. The summed E-state index contributed by atoms with van der Waals surface area (Å²) in [4.78, 5) is 10.5. The Morgan fingerprint density at radius 3 is 2.76 bits per heavy atom. The first kappa shape index (κ1) is 18.2. The summed E-state index contributed by atoms with van der Waals surface area (Å²) in [5.41, 5.74) is 1.40. The van der Waals surface area contributed by atoms with E-state index in [9.17, 15) is 9.50 Å². The molecule has 8 heteroatoms. The molecule has 4 heterocycles. The molecule has 2 aliphatic rings. The molecule has 4 atom stereocenters. The molecule has 150 valence electrons. The third-order valence-electron chi connectivity index (χ3n) is 6.18. The summed E-state index contributed by atoms with van der Waals surface area (Å²) in [6.45, 7) is 1.92. The van der Waals surface area contributed by atoms with E-state index in [4.69, 9.17) is 0 Å². The van der Waals surface area contributed by atoms with Crippen LogP contribution in [0.4, 0.5) is 10.2 Å². The molecule has 0 aliphatic carbocycles. The number of aromatic hydroxyl groups is 1. The first-order valence-corrected chi connectivity index (χ1v) is 9.92. The van der Waals surface area contributed by atoms with Crippen LogP contribution in [0.5, 0.6) is 5.75 Å². The van der Waals surface area contributed by atoms with Crippen molar-refractivity contribution in [2.24, 2.45) is 0 Å². The molecule has 7 nitrogen and oxygen atoms in total. The number of pyridine rings is 1. The molecule has 2 bridgehead atoms. The fraction of sp³-hybridized carbons (Fsp3) is 0.429. The molecular formula is C21H23FN6O. The van der Waals surface area contributed by atoms with Crippen LogP contribution in [0.3, 0.4) is 0 Å². The van der Waals surface area contributed by atoms with E-state index in [1.807, 2.05) is 31.0 Å². The van der Waals surface area contributed by atoms with Gasteiger partial charge in [0.2, 0.25) is 0 Å². The lowest BCUT2D eigenvalue weighted by atomic mass is 9.96. The number of phenols is 1. The molecule has 5 rings (SSSR count). The van der Waals surface area contributed by atoms with Crippen LogP contribution >= 0.6 is 0 Å². The van der Waals surface area contributed by atoms with Crippen LogP contribution in [-0.4, -0.2) is 56.6 Å². The van der Waals surface area contributed by atoms with E-state index < -0.39 is 6.17 Å². The molecule has 2 aliphatic heterocycles. The Morgan fingerprint density at radius 1 is 1.10 bits per heavy atom. The lowest BCUT2D eigenvalue weighted by molar-refractivity contribution is 0.176. The van der Waals surface area contributed by atoms with Crippen LogP contribution in [0.1, 0.15) is 25.0 Å². The summed E-state index contributed by atoms with van der Waals surface area (Å²) in [5.74, 6) is 0.936. The number of hydrogen-bond donors (Lipinski definition) is 2. The van der Waals surface area contributed by atoms with Gasteiger partial charge in [-0.1, -0.05) is 0 Å². The van der Waals surface area contributed by atoms with Crippen molar-refractivity contribution in [3.63, 3.8) is 0 Å². The first-order valence-electron chi connectivity index (χ1n) is 9.92. The average Bonchev–Trinajstić information content (AvgIpc) is 3.14. The summed E-state index contributed by atoms with van der Waals surface area (Å²) in [5, 5.41) is 24.0. The van der Waals surface area contributed by atoms with Gasteiger partial charge in [0, 0.05) is 36.4 Å². The topological polar surface area (TPSA) is 87.1 Å². The third kappa shape index (κ3) is 3.17. The van der Waals surface area contributed by atoms with Crippen molar-refractivity contribution in [3.05, 3.63) is 36.3 Å². The van der Waals surface area contributed by atoms with Crippen molar-refractivity contribution in [1.29, 1.82) is 0 Å². The molecule has 2 N–H and O–H groups in total. The highest BCUT2D eigenvalue weighted by molar-refractivity contribution is 5.89. The molecule has 0 amide bonds. The summed E-state index contributed by atoms with van der Waals surface area (Å²) in [6.07, 6.45) is 5.03. The van der Waals surface area contributed by atoms with E-state index in [1.54, 1.807) is 18.5 Å². The van der Waals surface area contributed by atoms with Crippen LogP contribution in [0, 0.1) is 6.92 Å². The maximum absolute atomic E-state index is 14.8. The minimum absolute atomic E-state index is 0.0739. The predicted molar refractivity (Wildman–Crippen MR) is 109 cm³/mol. The Labute approximate surface area is 168 Å². The van der Waals surface area contributed by atoms with Crippen molar-refractivity contribution in [1.82, 2.24) is 25.5 Å². The quantitative estimate of drug-likeness (QED) is 0.706. The van der Waals surface area contributed by atoms with Crippen molar-refractivity contribution in [3.8, 4) is 17.1 Å². The van der Waals surface area contributed by atoms with Gasteiger partial charge < -0.3 is 15.3 Å². The van der Waals surface area contributed by atoms with Crippen molar-refractivity contribution >= 4 is 16.6 Å². The number of aromatic nitrogens is 4. The van der Waals surface area contributed by atoms with E-state index in [1.165, 1.54) is 0 Å².